The zero-order chi connectivity index (χ0) is 17.2. The number of hydrogen-bond acceptors (Lipinski definition) is 6. The summed E-state index contributed by atoms with van der Waals surface area (Å²) in [4.78, 5) is 27.0. The van der Waals surface area contributed by atoms with Gasteiger partial charge in [0.05, 0.1) is 10.3 Å². The fourth-order valence-corrected chi connectivity index (χ4v) is 4.42. The van der Waals surface area contributed by atoms with Gasteiger partial charge >= 0.3 is 0 Å². The summed E-state index contributed by atoms with van der Waals surface area (Å²) in [5.74, 6) is 2.05. The van der Waals surface area contributed by atoms with E-state index in [9.17, 15) is 4.79 Å². The zero-order valence-corrected chi connectivity index (χ0v) is 14.8. The molecule has 2 aromatic heterocycles. The van der Waals surface area contributed by atoms with E-state index in [0.717, 1.165) is 53.3 Å². The first kappa shape index (κ1) is 16.4. The van der Waals surface area contributed by atoms with Crippen molar-refractivity contribution in [2.75, 3.05) is 23.7 Å². The van der Waals surface area contributed by atoms with Crippen LogP contribution >= 0.6 is 11.8 Å². The molecular formula is C17H22N6OS. The summed E-state index contributed by atoms with van der Waals surface area (Å²) in [7, 11) is 0. The summed E-state index contributed by atoms with van der Waals surface area (Å²) >= 11 is 1.59. The molecule has 1 amide bonds. The molecule has 2 aromatic rings. The Hall–Kier alpha value is -2.06. The highest BCUT2D eigenvalue weighted by Gasteiger charge is 2.25. The first-order valence-electron chi connectivity index (χ1n) is 8.65. The lowest BCUT2D eigenvalue weighted by Gasteiger charge is -2.26. The predicted octanol–water partition coefficient (Wildman–Crippen LogP) is 1.60. The van der Waals surface area contributed by atoms with Crippen molar-refractivity contribution in [2.24, 2.45) is 11.7 Å². The number of rotatable bonds is 4. The van der Waals surface area contributed by atoms with Crippen LogP contribution in [0.15, 0.2) is 29.7 Å². The van der Waals surface area contributed by atoms with Crippen LogP contribution in [0, 0.1) is 5.92 Å². The number of thioether (sulfide) groups is 1. The number of amides is 1. The van der Waals surface area contributed by atoms with Gasteiger partial charge in [0.1, 0.15) is 17.8 Å². The van der Waals surface area contributed by atoms with E-state index in [4.69, 9.17) is 5.73 Å². The van der Waals surface area contributed by atoms with Crippen molar-refractivity contribution in [3.8, 4) is 0 Å². The van der Waals surface area contributed by atoms with Gasteiger partial charge in [0.2, 0.25) is 0 Å². The van der Waals surface area contributed by atoms with E-state index in [-0.39, 0.29) is 11.9 Å². The number of hydrogen-bond donors (Lipinski definition) is 3. The monoisotopic (exact) mass is 358 g/mol. The van der Waals surface area contributed by atoms with Crippen molar-refractivity contribution in [1.29, 1.82) is 0 Å². The van der Waals surface area contributed by atoms with Crippen LogP contribution in [0.3, 0.4) is 0 Å². The summed E-state index contributed by atoms with van der Waals surface area (Å²) in [6.07, 6.45) is 8.62. The number of carbonyl (C=O) groups is 1. The molecule has 1 saturated carbocycles. The summed E-state index contributed by atoms with van der Waals surface area (Å²) in [5.41, 5.74) is 6.89. The molecule has 4 N–H and O–H groups in total. The molecule has 2 aliphatic rings. The second kappa shape index (κ2) is 7.05. The fraction of sp³-hybridized carbons (Fsp3) is 0.471. The Morgan fingerprint density at radius 2 is 2.36 bits per heavy atom. The van der Waals surface area contributed by atoms with Crippen LogP contribution in [0.2, 0.25) is 0 Å². The summed E-state index contributed by atoms with van der Waals surface area (Å²) < 4.78 is 0. The van der Waals surface area contributed by atoms with Gasteiger partial charge in [-0.3, -0.25) is 4.79 Å². The van der Waals surface area contributed by atoms with Crippen molar-refractivity contribution >= 4 is 34.5 Å². The standard InChI is InChI=1S/C17H22N6OS/c18-13-3-1-2-11(13)8-20-17(24)14-9-23(6-7-25-14)16-12-4-5-19-15(12)21-10-22-16/h4-5,9-11,13H,1-3,6-8,18H2,(H,20,24)(H,19,21,22)/t11-,13-/m0/s1. The van der Waals surface area contributed by atoms with Gasteiger partial charge in [-0.05, 0) is 24.8 Å². The molecule has 3 heterocycles. The molecule has 0 aromatic carbocycles. The summed E-state index contributed by atoms with van der Waals surface area (Å²) in [6, 6.07) is 2.18. The fourth-order valence-electron chi connectivity index (χ4n) is 3.51. The van der Waals surface area contributed by atoms with Gasteiger partial charge in [0, 0.05) is 37.3 Å². The number of fused-ring (bicyclic) bond motifs is 1. The topological polar surface area (TPSA) is 99.9 Å². The molecule has 2 atom stereocenters. The minimum Gasteiger partial charge on any atom is -0.351 e. The highest BCUT2D eigenvalue weighted by molar-refractivity contribution is 8.04. The third-order valence-electron chi connectivity index (χ3n) is 4.93. The van der Waals surface area contributed by atoms with E-state index in [1.165, 1.54) is 0 Å². The van der Waals surface area contributed by atoms with E-state index < -0.39 is 0 Å². The predicted molar refractivity (Wildman–Crippen MR) is 100 cm³/mol. The van der Waals surface area contributed by atoms with E-state index in [2.05, 4.69) is 20.3 Å². The second-order valence-corrected chi connectivity index (χ2v) is 7.67. The van der Waals surface area contributed by atoms with Crippen LogP contribution in [0.5, 0.6) is 0 Å². The Morgan fingerprint density at radius 3 is 3.20 bits per heavy atom. The summed E-state index contributed by atoms with van der Waals surface area (Å²) in [6.45, 7) is 1.47. The normalized spacial score (nSPS) is 23.7. The van der Waals surface area contributed by atoms with Gasteiger partial charge in [-0.1, -0.05) is 6.42 Å². The molecule has 1 aliphatic heterocycles. The highest BCUT2D eigenvalue weighted by Crippen LogP contribution is 2.29. The largest absolute Gasteiger partial charge is 0.351 e. The molecule has 8 heteroatoms. The first-order valence-corrected chi connectivity index (χ1v) is 9.64. The molecule has 0 spiro atoms. The van der Waals surface area contributed by atoms with Crippen molar-refractivity contribution in [3.63, 3.8) is 0 Å². The molecular weight excluding hydrogens is 336 g/mol. The number of H-pyrrole nitrogens is 1. The van der Waals surface area contributed by atoms with Crippen LogP contribution in [-0.4, -0.2) is 45.7 Å². The number of anilines is 1. The van der Waals surface area contributed by atoms with Gasteiger partial charge in [-0.2, -0.15) is 0 Å². The maximum absolute atomic E-state index is 12.5. The Balaban J connectivity index is 1.48. The highest BCUT2D eigenvalue weighted by atomic mass is 32.2. The van der Waals surface area contributed by atoms with Gasteiger partial charge in [0.15, 0.2) is 0 Å². The third kappa shape index (κ3) is 3.36. The van der Waals surface area contributed by atoms with Crippen LogP contribution in [-0.2, 0) is 4.79 Å². The Labute approximate surface area is 150 Å². The molecule has 0 unspecified atom stereocenters. The van der Waals surface area contributed by atoms with Gasteiger partial charge < -0.3 is 20.9 Å². The van der Waals surface area contributed by atoms with E-state index in [0.29, 0.717) is 12.5 Å². The molecule has 0 saturated heterocycles. The quantitative estimate of drug-likeness (QED) is 0.768. The second-order valence-electron chi connectivity index (χ2n) is 6.54. The molecule has 4 rings (SSSR count). The van der Waals surface area contributed by atoms with E-state index in [1.807, 2.05) is 23.4 Å². The maximum Gasteiger partial charge on any atom is 0.259 e. The number of nitrogens with one attached hydrogen (secondary N) is 2. The number of aromatic nitrogens is 3. The minimum absolute atomic E-state index is 0.0202. The molecule has 25 heavy (non-hydrogen) atoms. The molecule has 7 nitrogen and oxygen atoms in total. The maximum atomic E-state index is 12.5. The lowest BCUT2D eigenvalue weighted by molar-refractivity contribution is -0.117. The van der Waals surface area contributed by atoms with Gasteiger partial charge in [0.25, 0.3) is 5.91 Å². The number of aromatic amines is 1. The zero-order valence-electron chi connectivity index (χ0n) is 13.9. The first-order chi connectivity index (χ1) is 12.2. The van der Waals surface area contributed by atoms with E-state index >= 15 is 0 Å². The number of nitrogens with zero attached hydrogens (tertiary/aromatic N) is 3. The Morgan fingerprint density at radius 1 is 1.44 bits per heavy atom. The summed E-state index contributed by atoms with van der Waals surface area (Å²) in [5, 5.41) is 4.02. The van der Waals surface area contributed by atoms with E-state index in [1.54, 1.807) is 18.1 Å². The lowest BCUT2D eigenvalue weighted by atomic mass is 10.1. The SMILES string of the molecule is N[C@H]1CCC[C@H]1CNC(=O)C1=CN(c2ncnc3[nH]ccc23)CCS1. The van der Waals surface area contributed by atoms with Gasteiger partial charge in [-0.15, -0.1) is 11.8 Å². The van der Waals surface area contributed by atoms with Crippen molar-refractivity contribution < 1.29 is 4.79 Å². The van der Waals surface area contributed by atoms with Crippen molar-refractivity contribution in [2.45, 2.75) is 25.3 Å². The molecule has 0 radical (unpaired) electrons. The molecule has 132 valence electrons. The molecule has 1 aliphatic carbocycles. The molecule has 1 fully saturated rings. The third-order valence-corrected chi connectivity index (χ3v) is 5.92. The minimum atomic E-state index is -0.0202. The number of carbonyl (C=O) groups excluding carboxylic acids is 1. The van der Waals surface area contributed by atoms with Crippen molar-refractivity contribution in [1.82, 2.24) is 20.3 Å². The van der Waals surface area contributed by atoms with Crippen LogP contribution in [0.1, 0.15) is 19.3 Å². The lowest BCUT2D eigenvalue weighted by Crippen LogP contribution is -2.37. The van der Waals surface area contributed by atoms with Gasteiger partial charge in [-0.25, -0.2) is 9.97 Å². The van der Waals surface area contributed by atoms with Crippen LogP contribution in [0.4, 0.5) is 5.82 Å². The average molecular weight is 358 g/mol. The Kier molecular flexibility index (Phi) is 4.63. The van der Waals surface area contributed by atoms with Crippen LogP contribution < -0.4 is 16.0 Å². The van der Waals surface area contributed by atoms with Crippen LogP contribution in [0.25, 0.3) is 11.0 Å². The smallest absolute Gasteiger partial charge is 0.259 e. The molecule has 0 bridgehead atoms. The van der Waals surface area contributed by atoms with Crippen molar-refractivity contribution in [3.05, 3.63) is 29.7 Å². The Bertz CT molecular complexity index is 803. The number of nitrogens with two attached hydrogens (primary N) is 1. The average Bonchev–Trinajstić information content (AvgIpc) is 3.28.